The third-order valence-corrected chi connectivity index (χ3v) is 0.689. The molecule has 1 heterocycles. The number of ether oxygens (including phenoxy) is 1. The predicted molar refractivity (Wildman–Crippen MR) is 25.6 cm³/mol. The van der Waals surface area contributed by atoms with Gasteiger partial charge in [0.15, 0.2) is 0 Å². The van der Waals surface area contributed by atoms with Crippen molar-refractivity contribution in [3.05, 3.63) is 18.0 Å². The Morgan fingerprint density at radius 3 is 2.83 bits per heavy atom. The van der Waals surface area contributed by atoms with Crippen LogP contribution in [-0.2, 0) is 4.74 Å². The van der Waals surface area contributed by atoms with Gasteiger partial charge in [-0.15, -0.1) is 12.6 Å². The maximum Gasteiger partial charge on any atom is 0.295 e. The molecule has 0 aliphatic carbocycles. The molecule has 1 aliphatic heterocycles. The number of nitrogens with one attached hydrogen (secondary N) is 1. The van der Waals surface area contributed by atoms with Crippen LogP contribution in [0.5, 0.6) is 0 Å². The molecule has 0 unspecified atom stereocenters. The van der Waals surface area contributed by atoms with Gasteiger partial charge in [-0.1, -0.05) is 0 Å². The zero-order valence-electron chi connectivity index (χ0n) is 3.01. The summed E-state index contributed by atoms with van der Waals surface area (Å²) in [6.07, 6.45) is 3.20. The van der Waals surface area contributed by atoms with Gasteiger partial charge in [-0.25, -0.2) is 0 Å². The molecule has 0 bridgehead atoms. The highest BCUT2D eigenvalue weighted by Gasteiger charge is 2.02. The van der Waals surface area contributed by atoms with Crippen molar-refractivity contribution in [3.8, 4) is 0 Å². The molecule has 0 amide bonds. The molecular weight excluding hydrogens is 98.1 g/mol. The quantitative estimate of drug-likeness (QED) is 0.433. The first-order chi connectivity index (χ1) is 2.89. The van der Waals surface area contributed by atoms with E-state index in [2.05, 4.69) is 22.7 Å². The SMILES string of the molecule is S[C]1NC=CO1. The summed E-state index contributed by atoms with van der Waals surface area (Å²) in [6, 6.07) is 0. The maximum atomic E-state index is 4.64. The molecule has 0 atom stereocenters. The van der Waals surface area contributed by atoms with Gasteiger partial charge < -0.3 is 10.1 Å². The molecule has 3 heteroatoms. The summed E-state index contributed by atoms with van der Waals surface area (Å²) in [6.45, 7) is 0. The molecule has 0 fully saturated rings. The van der Waals surface area contributed by atoms with E-state index in [4.69, 9.17) is 0 Å². The predicted octanol–water partition coefficient (Wildman–Crippen LogP) is 0.454. The number of thiol groups is 1. The minimum absolute atomic E-state index is 0.537. The lowest BCUT2D eigenvalue weighted by atomic mass is 11.0. The second-order valence-corrected chi connectivity index (χ2v) is 1.28. The van der Waals surface area contributed by atoms with E-state index in [1.165, 1.54) is 6.26 Å². The Kier molecular flexibility index (Phi) is 0.919. The first-order valence-corrected chi connectivity index (χ1v) is 1.98. The third kappa shape index (κ3) is 0.597. The van der Waals surface area contributed by atoms with Gasteiger partial charge in [-0.3, -0.25) is 0 Å². The van der Waals surface area contributed by atoms with Gasteiger partial charge in [0.25, 0.3) is 5.56 Å². The van der Waals surface area contributed by atoms with E-state index in [1.807, 2.05) is 0 Å². The molecular formula is C3H4NOS. The van der Waals surface area contributed by atoms with Crippen molar-refractivity contribution in [1.29, 1.82) is 0 Å². The van der Waals surface area contributed by atoms with Crippen LogP contribution < -0.4 is 5.32 Å². The van der Waals surface area contributed by atoms with E-state index < -0.39 is 0 Å². The molecule has 1 rings (SSSR count). The van der Waals surface area contributed by atoms with Crippen molar-refractivity contribution in [3.63, 3.8) is 0 Å². The zero-order valence-corrected chi connectivity index (χ0v) is 3.90. The largest absolute Gasteiger partial charge is 0.458 e. The van der Waals surface area contributed by atoms with E-state index in [1.54, 1.807) is 6.20 Å². The van der Waals surface area contributed by atoms with Gasteiger partial charge in [0.05, 0.1) is 0 Å². The standard InChI is InChI=1S/C3H4NOS/c6-3-4-1-2-5-3/h1-2,4,6H. The summed E-state index contributed by atoms with van der Waals surface area (Å²) >= 11 is 3.81. The van der Waals surface area contributed by atoms with Crippen molar-refractivity contribution >= 4 is 12.6 Å². The lowest BCUT2D eigenvalue weighted by molar-refractivity contribution is 0.325. The molecule has 0 spiro atoms. The van der Waals surface area contributed by atoms with Crippen LogP contribution in [0, 0.1) is 5.56 Å². The molecule has 0 aromatic heterocycles. The van der Waals surface area contributed by atoms with Crippen LogP contribution in [0.3, 0.4) is 0 Å². The van der Waals surface area contributed by atoms with Gasteiger partial charge in [-0.05, 0) is 0 Å². The summed E-state index contributed by atoms with van der Waals surface area (Å²) in [4.78, 5) is 0. The van der Waals surface area contributed by atoms with Gasteiger partial charge in [0.2, 0.25) is 0 Å². The molecule has 0 saturated carbocycles. The second kappa shape index (κ2) is 1.43. The Bertz CT molecular complexity index is 65.2. The van der Waals surface area contributed by atoms with E-state index in [-0.39, 0.29) is 0 Å². The number of rotatable bonds is 0. The minimum Gasteiger partial charge on any atom is -0.458 e. The van der Waals surface area contributed by atoms with Gasteiger partial charge >= 0.3 is 0 Å². The lowest BCUT2D eigenvalue weighted by Crippen LogP contribution is -2.01. The Balaban J connectivity index is 2.32. The van der Waals surface area contributed by atoms with Crippen LogP contribution in [0.4, 0.5) is 0 Å². The topological polar surface area (TPSA) is 21.3 Å². The minimum atomic E-state index is 0.537. The summed E-state index contributed by atoms with van der Waals surface area (Å²) in [5, 5.41) is 2.70. The molecule has 1 N–H and O–H groups in total. The third-order valence-electron chi connectivity index (χ3n) is 0.455. The highest BCUT2D eigenvalue weighted by Crippen LogP contribution is 2.07. The Morgan fingerprint density at radius 1 is 1.83 bits per heavy atom. The van der Waals surface area contributed by atoms with Gasteiger partial charge in [-0.2, -0.15) is 0 Å². The molecule has 0 aromatic rings. The fourth-order valence-corrected chi connectivity index (χ4v) is 0.373. The molecule has 33 valence electrons. The van der Waals surface area contributed by atoms with Crippen LogP contribution in [0.25, 0.3) is 0 Å². The molecule has 6 heavy (non-hydrogen) atoms. The maximum absolute atomic E-state index is 4.64. The van der Waals surface area contributed by atoms with E-state index in [9.17, 15) is 0 Å². The normalized spacial score (nSPS) is 20.2. The van der Waals surface area contributed by atoms with Gasteiger partial charge in [0, 0.05) is 6.20 Å². The van der Waals surface area contributed by atoms with Crippen LogP contribution in [-0.4, -0.2) is 0 Å². The van der Waals surface area contributed by atoms with E-state index in [0.717, 1.165) is 0 Å². The van der Waals surface area contributed by atoms with Crippen LogP contribution in [0.1, 0.15) is 0 Å². The first-order valence-electron chi connectivity index (χ1n) is 1.54. The smallest absolute Gasteiger partial charge is 0.295 e. The van der Waals surface area contributed by atoms with Crippen molar-refractivity contribution in [2.45, 2.75) is 0 Å². The summed E-state index contributed by atoms with van der Waals surface area (Å²) in [5.74, 6) is 0. The molecule has 1 radical (unpaired) electrons. The first kappa shape index (κ1) is 3.87. The lowest BCUT2D eigenvalue weighted by Gasteiger charge is -1.94. The van der Waals surface area contributed by atoms with Crippen LogP contribution >= 0.6 is 12.6 Å². The van der Waals surface area contributed by atoms with E-state index in [0.29, 0.717) is 5.56 Å². The van der Waals surface area contributed by atoms with Crippen molar-refractivity contribution in [2.24, 2.45) is 0 Å². The fourth-order valence-electron chi connectivity index (χ4n) is 0.238. The second-order valence-electron chi connectivity index (χ2n) is 0.870. The summed E-state index contributed by atoms with van der Waals surface area (Å²) in [5.41, 5.74) is 0.537. The Morgan fingerprint density at radius 2 is 2.67 bits per heavy atom. The average molecular weight is 102 g/mol. The van der Waals surface area contributed by atoms with Crippen LogP contribution in [0.2, 0.25) is 0 Å². The van der Waals surface area contributed by atoms with Gasteiger partial charge in [0.1, 0.15) is 6.26 Å². The van der Waals surface area contributed by atoms with Crippen molar-refractivity contribution < 1.29 is 4.74 Å². The number of hydrogen-bond donors (Lipinski definition) is 2. The zero-order chi connectivity index (χ0) is 4.41. The molecule has 0 aromatic carbocycles. The summed E-state index contributed by atoms with van der Waals surface area (Å²) in [7, 11) is 0. The van der Waals surface area contributed by atoms with Crippen molar-refractivity contribution in [2.75, 3.05) is 0 Å². The molecule has 1 aliphatic rings. The highest BCUT2D eigenvalue weighted by atomic mass is 32.1. The van der Waals surface area contributed by atoms with E-state index >= 15 is 0 Å². The van der Waals surface area contributed by atoms with Crippen molar-refractivity contribution in [1.82, 2.24) is 5.32 Å². The highest BCUT2D eigenvalue weighted by molar-refractivity contribution is 7.83. The molecule has 2 nitrogen and oxygen atoms in total. The number of hydrogen-bond acceptors (Lipinski definition) is 3. The Hall–Kier alpha value is -0.310. The summed E-state index contributed by atoms with van der Waals surface area (Å²) < 4.78 is 4.64. The monoisotopic (exact) mass is 102 g/mol. The Labute approximate surface area is 41.6 Å². The fraction of sp³-hybridized carbons (Fsp3) is 0. The average Bonchev–Trinajstić information content (AvgIpc) is 1.86. The molecule has 0 saturated heterocycles. The van der Waals surface area contributed by atoms with Crippen LogP contribution in [0.15, 0.2) is 12.5 Å².